The molecule has 18 nitrogen and oxygen atoms in total. The summed E-state index contributed by atoms with van der Waals surface area (Å²) in [6.45, 7) is -0.814. The number of hydrogen-bond donors (Lipinski definition) is 11. The predicted octanol–water partition coefficient (Wildman–Crippen LogP) is -3.55. The number of carbonyl (C=O) groups excluding carboxylic acids is 5. The highest BCUT2D eigenvalue weighted by atomic mass is 16.4. The molecule has 15 N–H and O–H groups in total. The number of rotatable bonds is 20. The van der Waals surface area contributed by atoms with Crippen LogP contribution in [0.15, 0.2) is 59.6 Å². The van der Waals surface area contributed by atoms with Crippen LogP contribution >= 0.6 is 0 Å². The number of guanidine groups is 1. The Balaban J connectivity index is 2.30. The molecule has 0 saturated heterocycles. The van der Waals surface area contributed by atoms with Crippen molar-refractivity contribution < 1.29 is 44.1 Å². The summed E-state index contributed by atoms with van der Waals surface area (Å²) < 4.78 is 0. The zero-order chi connectivity index (χ0) is 36.5. The number of aliphatic imine (C=N–C) groups is 1. The van der Waals surface area contributed by atoms with Crippen molar-refractivity contribution in [1.82, 2.24) is 21.3 Å². The van der Waals surface area contributed by atoms with Crippen molar-refractivity contribution in [2.45, 2.75) is 62.3 Å². The Bertz CT molecular complexity index is 1470. The molecule has 0 unspecified atom stereocenters. The monoisotopic (exact) mass is 685 g/mol. The van der Waals surface area contributed by atoms with E-state index in [2.05, 4.69) is 26.3 Å². The van der Waals surface area contributed by atoms with Gasteiger partial charge in [-0.3, -0.25) is 29.0 Å². The number of phenolic OH excluding ortho intramolecular Hbond substituents is 1. The zero-order valence-corrected chi connectivity index (χ0v) is 26.6. The van der Waals surface area contributed by atoms with E-state index in [1.54, 1.807) is 30.3 Å². The second-order valence-electron chi connectivity index (χ2n) is 11.1. The van der Waals surface area contributed by atoms with Crippen molar-refractivity contribution in [3.05, 3.63) is 65.7 Å². The van der Waals surface area contributed by atoms with Gasteiger partial charge in [-0.05, 0) is 36.1 Å². The van der Waals surface area contributed by atoms with Gasteiger partial charge in [0.25, 0.3) is 0 Å². The number of nitrogens with two attached hydrogens (primary N) is 4. The Morgan fingerprint density at radius 2 is 1.20 bits per heavy atom. The van der Waals surface area contributed by atoms with Crippen molar-refractivity contribution >= 4 is 41.5 Å². The van der Waals surface area contributed by atoms with Crippen molar-refractivity contribution in [3.8, 4) is 5.75 Å². The minimum absolute atomic E-state index is 0.0280. The third kappa shape index (κ3) is 14.3. The summed E-state index contributed by atoms with van der Waals surface area (Å²) in [7, 11) is 0. The molecule has 5 atom stereocenters. The summed E-state index contributed by atoms with van der Waals surface area (Å²) in [5, 5.41) is 38.8. The van der Waals surface area contributed by atoms with Gasteiger partial charge >= 0.3 is 5.97 Å². The van der Waals surface area contributed by atoms with Crippen LogP contribution < -0.4 is 44.2 Å². The average molecular weight is 686 g/mol. The van der Waals surface area contributed by atoms with E-state index in [4.69, 9.17) is 22.9 Å². The van der Waals surface area contributed by atoms with Crippen LogP contribution in [0, 0.1) is 0 Å². The number of carbonyl (C=O) groups is 6. The SMILES string of the molecule is NC(=O)C[C@H](N)C(=O)N[C@@H](CO)C(=O)N[C@@H](Cc1ccccc1)C(=O)N[C@@H](CCCN=C(N)N)C(=O)N[C@@H](Cc1ccc(O)cc1)C(=O)O. The summed E-state index contributed by atoms with van der Waals surface area (Å²) in [4.78, 5) is 79.8. The van der Waals surface area contributed by atoms with Crippen molar-refractivity contribution in [2.24, 2.45) is 27.9 Å². The van der Waals surface area contributed by atoms with Gasteiger partial charge in [0.2, 0.25) is 29.5 Å². The van der Waals surface area contributed by atoms with E-state index in [0.717, 1.165) is 0 Å². The summed E-state index contributed by atoms with van der Waals surface area (Å²) in [5.41, 5.74) is 22.6. The molecule has 49 heavy (non-hydrogen) atoms. The molecule has 2 rings (SSSR count). The van der Waals surface area contributed by atoms with Gasteiger partial charge < -0.3 is 59.5 Å². The Hall–Kier alpha value is -5.75. The van der Waals surface area contributed by atoms with E-state index in [0.29, 0.717) is 11.1 Å². The molecule has 2 aromatic rings. The van der Waals surface area contributed by atoms with Gasteiger partial charge in [0.15, 0.2) is 5.96 Å². The molecule has 0 saturated carbocycles. The van der Waals surface area contributed by atoms with Gasteiger partial charge in [-0.1, -0.05) is 42.5 Å². The summed E-state index contributed by atoms with van der Waals surface area (Å²) in [6.07, 6.45) is -0.605. The minimum atomic E-state index is -1.58. The van der Waals surface area contributed by atoms with Crippen LogP contribution in [0.1, 0.15) is 30.4 Å². The third-order valence-corrected chi connectivity index (χ3v) is 7.06. The number of aliphatic hydroxyl groups is 1. The van der Waals surface area contributed by atoms with Gasteiger partial charge in [-0.25, -0.2) is 4.79 Å². The Morgan fingerprint density at radius 1 is 0.694 bits per heavy atom. The molecular weight excluding hydrogens is 642 g/mol. The van der Waals surface area contributed by atoms with Gasteiger partial charge in [-0.15, -0.1) is 0 Å². The first-order chi connectivity index (χ1) is 23.2. The lowest BCUT2D eigenvalue weighted by atomic mass is 10.0. The van der Waals surface area contributed by atoms with E-state index in [-0.39, 0.29) is 43.9 Å². The number of nitrogens with zero attached hydrogens (tertiary/aromatic N) is 1. The molecule has 0 aliphatic rings. The fourth-order valence-electron chi connectivity index (χ4n) is 4.50. The lowest BCUT2D eigenvalue weighted by Gasteiger charge is -2.26. The summed E-state index contributed by atoms with van der Waals surface area (Å²) >= 11 is 0. The highest BCUT2D eigenvalue weighted by molar-refractivity contribution is 5.96. The number of amides is 5. The molecule has 266 valence electrons. The van der Waals surface area contributed by atoms with Gasteiger partial charge in [0.05, 0.1) is 19.1 Å². The van der Waals surface area contributed by atoms with Crippen LogP contribution in [0.5, 0.6) is 5.75 Å². The number of nitrogens with one attached hydrogen (secondary N) is 4. The average Bonchev–Trinajstić information content (AvgIpc) is 3.04. The Morgan fingerprint density at radius 3 is 1.78 bits per heavy atom. The van der Waals surface area contributed by atoms with Crippen LogP contribution in [0.25, 0.3) is 0 Å². The maximum absolute atomic E-state index is 13.7. The quantitative estimate of drug-likeness (QED) is 0.0367. The fourth-order valence-corrected chi connectivity index (χ4v) is 4.50. The maximum atomic E-state index is 13.7. The fraction of sp³-hybridized carbons (Fsp3) is 0.387. The highest BCUT2D eigenvalue weighted by Crippen LogP contribution is 2.12. The topological polar surface area (TPSA) is 328 Å². The van der Waals surface area contributed by atoms with E-state index >= 15 is 0 Å². The number of aliphatic carboxylic acids is 1. The second-order valence-corrected chi connectivity index (χ2v) is 11.1. The minimum Gasteiger partial charge on any atom is -0.508 e. The third-order valence-electron chi connectivity index (χ3n) is 7.06. The lowest BCUT2D eigenvalue weighted by molar-refractivity contribution is -0.142. The molecule has 0 fully saturated rings. The molecule has 0 bridgehead atoms. The molecule has 5 amide bonds. The molecule has 2 aromatic carbocycles. The highest BCUT2D eigenvalue weighted by Gasteiger charge is 2.32. The first kappa shape index (κ1) is 39.4. The van der Waals surface area contributed by atoms with Crippen molar-refractivity contribution in [3.63, 3.8) is 0 Å². The van der Waals surface area contributed by atoms with Crippen molar-refractivity contribution in [1.29, 1.82) is 0 Å². The summed E-state index contributed by atoms with van der Waals surface area (Å²) in [6, 6.07) is 7.15. The van der Waals surface area contributed by atoms with E-state index in [9.17, 15) is 44.1 Å². The van der Waals surface area contributed by atoms with Crippen LogP contribution in [-0.4, -0.2) is 100 Å². The number of phenols is 1. The van der Waals surface area contributed by atoms with E-state index in [1.807, 2.05) is 0 Å². The molecule has 0 heterocycles. The van der Waals surface area contributed by atoms with Gasteiger partial charge in [0.1, 0.15) is 29.9 Å². The maximum Gasteiger partial charge on any atom is 0.326 e. The number of primary amides is 1. The smallest absolute Gasteiger partial charge is 0.326 e. The molecule has 0 spiro atoms. The number of aromatic hydroxyl groups is 1. The van der Waals surface area contributed by atoms with Crippen LogP contribution in [0.3, 0.4) is 0 Å². The zero-order valence-electron chi connectivity index (χ0n) is 26.6. The predicted molar refractivity (Wildman–Crippen MR) is 176 cm³/mol. The molecule has 0 radical (unpaired) electrons. The molecule has 0 aliphatic heterocycles. The number of benzene rings is 2. The number of carboxylic acids is 1. The first-order valence-corrected chi connectivity index (χ1v) is 15.2. The van der Waals surface area contributed by atoms with E-state index < -0.39 is 78.7 Å². The molecule has 0 aromatic heterocycles. The first-order valence-electron chi connectivity index (χ1n) is 15.2. The molecule has 18 heteroatoms. The van der Waals surface area contributed by atoms with Crippen molar-refractivity contribution in [2.75, 3.05) is 13.2 Å². The Labute approximate surface area is 281 Å². The number of hydrogen-bond acceptors (Lipinski definition) is 10. The van der Waals surface area contributed by atoms with Crippen LogP contribution in [0.4, 0.5) is 0 Å². The largest absolute Gasteiger partial charge is 0.508 e. The van der Waals surface area contributed by atoms with Gasteiger partial charge in [0, 0.05) is 19.4 Å². The van der Waals surface area contributed by atoms with E-state index in [1.165, 1.54) is 24.3 Å². The lowest BCUT2D eigenvalue weighted by Crippen LogP contribution is -2.59. The van der Waals surface area contributed by atoms with Gasteiger partial charge in [-0.2, -0.15) is 0 Å². The van der Waals surface area contributed by atoms with Crippen LogP contribution in [-0.2, 0) is 41.6 Å². The number of aliphatic hydroxyl groups excluding tert-OH is 1. The van der Waals surface area contributed by atoms with Crippen LogP contribution in [0.2, 0.25) is 0 Å². The molecule has 0 aliphatic carbocycles. The molecular formula is C31H43N9O9. The summed E-state index contributed by atoms with van der Waals surface area (Å²) in [5.74, 6) is -6.07. The second kappa shape index (κ2) is 19.8. The Kier molecular flexibility index (Phi) is 15.9. The normalized spacial score (nSPS) is 13.8. The standard InChI is InChI=1S/C31H43N9O9/c32-20(15-25(33)43)26(44)40-24(16-41)29(47)38-22(13-17-5-2-1-3-6-17)28(46)37-21(7-4-12-36-31(34)35)27(45)39-23(30(48)49)14-18-8-10-19(42)11-9-18/h1-3,5-6,8-11,20-24,41-42H,4,7,12-16,32H2,(H2,33,43)(H,37,46)(H,38,47)(H,39,45)(H,40,44)(H,48,49)(H4,34,35,36)/t20-,21-,22-,23-,24-/m0/s1. The number of carboxylic acid groups (broad SMARTS) is 1.